The van der Waals surface area contributed by atoms with Crippen LogP contribution in [0, 0.1) is 0 Å². The van der Waals surface area contributed by atoms with E-state index in [1.165, 1.54) is 11.3 Å². The molecule has 25 heavy (non-hydrogen) atoms. The molecule has 1 aromatic carbocycles. The lowest BCUT2D eigenvalue weighted by molar-refractivity contribution is 0.0711. The topological polar surface area (TPSA) is 63.9 Å². The molecule has 0 saturated heterocycles. The quantitative estimate of drug-likeness (QED) is 0.725. The summed E-state index contributed by atoms with van der Waals surface area (Å²) in [5.74, 6) is 1.97. The van der Waals surface area contributed by atoms with Gasteiger partial charge in [0.05, 0.1) is 17.7 Å². The monoisotopic (exact) mass is 353 g/mol. The van der Waals surface area contributed by atoms with Crippen LogP contribution in [0.1, 0.15) is 41.0 Å². The van der Waals surface area contributed by atoms with Crippen molar-refractivity contribution in [3.63, 3.8) is 0 Å². The smallest absolute Gasteiger partial charge is 0.266 e. The van der Waals surface area contributed by atoms with E-state index in [1.807, 2.05) is 35.2 Å². The molecule has 1 aliphatic heterocycles. The van der Waals surface area contributed by atoms with E-state index in [0.717, 1.165) is 27.8 Å². The number of hydrogen-bond donors (Lipinski definition) is 0. The first-order valence-corrected chi connectivity index (χ1v) is 9.23. The van der Waals surface area contributed by atoms with Crippen molar-refractivity contribution in [2.24, 2.45) is 0 Å². The van der Waals surface area contributed by atoms with Gasteiger partial charge >= 0.3 is 0 Å². The molecule has 2 aromatic heterocycles. The number of hydrogen-bond acceptors (Lipinski definition) is 5. The second-order valence-electron chi connectivity index (χ2n) is 6.41. The summed E-state index contributed by atoms with van der Waals surface area (Å²) in [5.41, 5.74) is 3.68. The third-order valence-electron chi connectivity index (χ3n) is 4.41. The number of benzene rings is 1. The minimum atomic E-state index is 0.0433. The number of carbonyl (C=O) groups excluding carboxylic acids is 1. The number of nitrogens with zero attached hydrogens (tertiary/aromatic N) is 5. The first-order valence-electron chi connectivity index (χ1n) is 8.35. The lowest BCUT2D eigenvalue weighted by atomic mass is 10.1. The predicted molar refractivity (Wildman–Crippen MR) is 96.4 cm³/mol. The molecule has 1 aliphatic rings. The predicted octanol–water partition coefficient (Wildman–Crippen LogP) is 3.18. The highest BCUT2D eigenvalue weighted by Crippen LogP contribution is 2.26. The van der Waals surface area contributed by atoms with Crippen LogP contribution in [-0.2, 0) is 13.1 Å². The maximum atomic E-state index is 12.9. The van der Waals surface area contributed by atoms with E-state index in [9.17, 15) is 4.79 Å². The van der Waals surface area contributed by atoms with Gasteiger partial charge in [0.15, 0.2) is 11.6 Å². The normalized spacial score (nSPS) is 14.0. The van der Waals surface area contributed by atoms with Crippen LogP contribution in [0.2, 0.25) is 0 Å². The molecule has 0 radical (unpaired) electrons. The van der Waals surface area contributed by atoms with Gasteiger partial charge in [-0.25, -0.2) is 4.98 Å². The van der Waals surface area contributed by atoms with Crippen LogP contribution in [-0.4, -0.2) is 37.1 Å². The molecule has 0 N–H and O–H groups in total. The number of aromatic nitrogens is 4. The van der Waals surface area contributed by atoms with Gasteiger partial charge in [0.25, 0.3) is 5.91 Å². The summed E-state index contributed by atoms with van der Waals surface area (Å²) in [6, 6.07) is 10.0. The molecule has 0 bridgehead atoms. The van der Waals surface area contributed by atoms with Gasteiger partial charge in [-0.2, -0.15) is 0 Å². The standard InChI is InChI=1S/C18H19N5OS/c1-12(2)15-16(25-11-19-15)18(24)22-8-9-23-14(10-22)20-21-17(23)13-6-4-3-5-7-13/h3-7,11-12H,8-10H2,1-2H3. The maximum absolute atomic E-state index is 12.9. The summed E-state index contributed by atoms with van der Waals surface area (Å²) < 4.78 is 2.11. The first-order chi connectivity index (χ1) is 12.1. The van der Waals surface area contributed by atoms with E-state index in [4.69, 9.17) is 0 Å². The summed E-state index contributed by atoms with van der Waals surface area (Å²) in [6.45, 7) is 5.96. The number of amides is 1. The molecule has 3 heterocycles. The molecule has 3 aromatic rings. The van der Waals surface area contributed by atoms with Gasteiger partial charge in [-0.3, -0.25) is 4.79 Å². The largest absolute Gasteiger partial charge is 0.329 e. The van der Waals surface area contributed by atoms with Crippen LogP contribution < -0.4 is 0 Å². The first kappa shape index (κ1) is 16.0. The van der Waals surface area contributed by atoms with Crippen molar-refractivity contribution in [2.45, 2.75) is 32.9 Å². The fourth-order valence-electron chi connectivity index (χ4n) is 3.10. The summed E-state index contributed by atoms with van der Waals surface area (Å²) in [7, 11) is 0. The average Bonchev–Trinajstić information content (AvgIpc) is 3.28. The van der Waals surface area contributed by atoms with Crippen LogP contribution >= 0.6 is 11.3 Å². The molecule has 0 unspecified atom stereocenters. The minimum absolute atomic E-state index is 0.0433. The van der Waals surface area contributed by atoms with Crippen molar-refractivity contribution in [3.8, 4) is 11.4 Å². The van der Waals surface area contributed by atoms with Crippen LogP contribution in [0.4, 0.5) is 0 Å². The Kier molecular flexibility index (Phi) is 4.09. The lowest BCUT2D eigenvalue weighted by Crippen LogP contribution is -2.38. The number of carbonyl (C=O) groups is 1. The Morgan fingerprint density at radius 3 is 2.72 bits per heavy atom. The molecular weight excluding hydrogens is 334 g/mol. The zero-order chi connectivity index (χ0) is 17.4. The van der Waals surface area contributed by atoms with Crippen LogP contribution in [0.15, 0.2) is 35.8 Å². The van der Waals surface area contributed by atoms with E-state index >= 15 is 0 Å². The van der Waals surface area contributed by atoms with Crippen molar-refractivity contribution >= 4 is 17.2 Å². The van der Waals surface area contributed by atoms with Crippen LogP contribution in [0.25, 0.3) is 11.4 Å². The molecular formula is C18H19N5OS. The molecule has 0 atom stereocenters. The molecule has 6 nitrogen and oxygen atoms in total. The van der Waals surface area contributed by atoms with Crippen molar-refractivity contribution in [1.82, 2.24) is 24.6 Å². The zero-order valence-corrected chi connectivity index (χ0v) is 15.0. The Hall–Kier alpha value is -2.54. The van der Waals surface area contributed by atoms with E-state index in [0.29, 0.717) is 19.6 Å². The average molecular weight is 353 g/mol. The highest BCUT2D eigenvalue weighted by molar-refractivity contribution is 7.11. The SMILES string of the molecule is CC(C)c1ncsc1C(=O)N1CCn2c(nnc2-c2ccccc2)C1. The Morgan fingerprint density at radius 1 is 1.16 bits per heavy atom. The number of thiazole rings is 1. The zero-order valence-electron chi connectivity index (χ0n) is 14.2. The highest BCUT2D eigenvalue weighted by atomic mass is 32.1. The maximum Gasteiger partial charge on any atom is 0.266 e. The van der Waals surface area contributed by atoms with Gasteiger partial charge in [-0.05, 0) is 5.92 Å². The second kappa shape index (κ2) is 6.40. The molecule has 0 spiro atoms. The fourth-order valence-corrected chi connectivity index (χ4v) is 4.01. The van der Waals surface area contributed by atoms with Crippen LogP contribution in [0.3, 0.4) is 0 Å². The summed E-state index contributed by atoms with van der Waals surface area (Å²) >= 11 is 1.42. The molecule has 1 amide bonds. The van der Waals surface area contributed by atoms with Gasteiger partial charge < -0.3 is 9.47 Å². The highest BCUT2D eigenvalue weighted by Gasteiger charge is 2.28. The number of fused-ring (bicyclic) bond motifs is 1. The lowest BCUT2D eigenvalue weighted by Gasteiger charge is -2.27. The second-order valence-corrected chi connectivity index (χ2v) is 7.26. The molecule has 128 valence electrons. The molecule has 0 aliphatic carbocycles. The summed E-state index contributed by atoms with van der Waals surface area (Å²) in [5, 5.41) is 8.65. The van der Waals surface area contributed by atoms with Crippen molar-refractivity contribution < 1.29 is 4.79 Å². The van der Waals surface area contributed by atoms with E-state index in [2.05, 4.69) is 33.6 Å². The Labute approximate surface area is 150 Å². The van der Waals surface area contributed by atoms with Gasteiger partial charge in [0.2, 0.25) is 0 Å². The third-order valence-corrected chi connectivity index (χ3v) is 5.24. The Bertz CT molecular complexity index is 899. The van der Waals surface area contributed by atoms with Crippen molar-refractivity contribution in [3.05, 3.63) is 52.2 Å². The Morgan fingerprint density at radius 2 is 1.96 bits per heavy atom. The van der Waals surface area contributed by atoms with E-state index in [-0.39, 0.29) is 11.8 Å². The number of rotatable bonds is 3. The van der Waals surface area contributed by atoms with Gasteiger partial charge in [-0.15, -0.1) is 21.5 Å². The van der Waals surface area contributed by atoms with Gasteiger partial charge in [-0.1, -0.05) is 44.2 Å². The Balaban J connectivity index is 1.59. The summed E-state index contributed by atoms with van der Waals surface area (Å²) in [6.07, 6.45) is 0. The molecule has 7 heteroatoms. The molecule has 0 fully saturated rings. The van der Waals surface area contributed by atoms with E-state index in [1.54, 1.807) is 5.51 Å². The van der Waals surface area contributed by atoms with Gasteiger partial charge in [0.1, 0.15) is 4.88 Å². The minimum Gasteiger partial charge on any atom is -0.329 e. The van der Waals surface area contributed by atoms with Crippen molar-refractivity contribution in [2.75, 3.05) is 6.54 Å². The van der Waals surface area contributed by atoms with Gasteiger partial charge in [0, 0.05) is 18.7 Å². The van der Waals surface area contributed by atoms with Crippen molar-refractivity contribution in [1.29, 1.82) is 0 Å². The molecule has 4 rings (SSSR count). The summed E-state index contributed by atoms with van der Waals surface area (Å²) in [4.78, 5) is 19.9. The fraction of sp³-hybridized carbons (Fsp3) is 0.333. The third kappa shape index (κ3) is 2.84. The molecule has 0 saturated carbocycles. The van der Waals surface area contributed by atoms with E-state index < -0.39 is 0 Å². The van der Waals surface area contributed by atoms with Crippen LogP contribution in [0.5, 0.6) is 0 Å².